The van der Waals surface area contributed by atoms with Gasteiger partial charge in [0.1, 0.15) is 5.84 Å². The minimum absolute atomic E-state index is 0.182. The highest BCUT2D eigenvalue weighted by Gasteiger charge is 2.06. The maximum Gasteiger partial charge on any atom is 0.278 e. The maximum atomic E-state index is 11.8. The van der Waals surface area contributed by atoms with Gasteiger partial charge in [0.15, 0.2) is 0 Å². The Hall–Kier alpha value is -1.64. The number of rotatable bonds is 1. The lowest BCUT2D eigenvalue weighted by atomic mass is 10.1. The average molecular weight is 218 g/mol. The normalized spacial score (nSPS) is 11.4. The molecule has 0 aliphatic heterocycles. The van der Waals surface area contributed by atoms with Crippen molar-refractivity contribution in [2.45, 2.75) is 20.8 Å². The Morgan fingerprint density at radius 1 is 1.12 bits per heavy atom. The maximum absolute atomic E-state index is 11.8. The van der Waals surface area contributed by atoms with Crippen molar-refractivity contribution >= 4 is 11.7 Å². The van der Waals surface area contributed by atoms with Crippen LogP contribution in [0.5, 0.6) is 0 Å². The predicted molar refractivity (Wildman–Crippen MR) is 67.0 cm³/mol. The van der Waals surface area contributed by atoms with Crippen LogP contribution in [0.3, 0.4) is 0 Å². The number of amides is 1. The van der Waals surface area contributed by atoms with Gasteiger partial charge in [0.25, 0.3) is 5.91 Å². The zero-order valence-electron chi connectivity index (χ0n) is 10.5. The number of amidine groups is 1. The Kier molecular flexibility index (Phi) is 3.82. The lowest BCUT2D eigenvalue weighted by Crippen LogP contribution is -2.19. The van der Waals surface area contributed by atoms with Gasteiger partial charge < -0.3 is 4.90 Å². The lowest BCUT2D eigenvalue weighted by Gasteiger charge is -2.10. The molecule has 0 fully saturated rings. The van der Waals surface area contributed by atoms with E-state index in [2.05, 4.69) is 4.99 Å². The van der Waals surface area contributed by atoms with Gasteiger partial charge >= 0.3 is 0 Å². The summed E-state index contributed by atoms with van der Waals surface area (Å²) in [6, 6.07) is 5.77. The molecule has 1 aromatic rings. The van der Waals surface area contributed by atoms with E-state index in [1.54, 1.807) is 0 Å². The second-order valence-electron chi connectivity index (χ2n) is 4.23. The molecule has 0 radical (unpaired) electrons. The number of carbonyl (C=O) groups is 1. The van der Waals surface area contributed by atoms with Crippen molar-refractivity contribution in [1.82, 2.24) is 4.90 Å². The molecule has 0 spiro atoms. The van der Waals surface area contributed by atoms with Gasteiger partial charge in [0.2, 0.25) is 0 Å². The second kappa shape index (κ2) is 4.92. The molecular weight excluding hydrogens is 200 g/mol. The summed E-state index contributed by atoms with van der Waals surface area (Å²) in [6.45, 7) is 5.78. The average Bonchev–Trinajstić information content (AvgIpc) is 2.15. The topological polar surface area (TPSA) is 32.7 Å². The van der Waals surface area contributed by atoms with Gasteiger partial charge in [-0.15, -0.1) is 0 Å². The van der Waals surface area contributed by atoms with E-state index in [1.165, 1.54) is 0 Å². The van der Waals surface area contributed by atoms with E-state index >= 15 is 0 Å². The van der Waals surface area contributed by atoms with Crippen molar-refractivity contribution in [3.05, 3.63) is 34.9 Å². The molecule has 86 valence electrons. The highest BCUT2D eigenvalue weighted by atomic mass is 16.1. The molecule has 1 aromatic carbocycles. The molecular formula is C13H18N2O. The largest absolute Gasteiger partial charge is 0.366 e. The van der Waals surface area contributed by atoms with Crippen LogP contribution >= 0.6 is 0 Å². The summed E-state index contributed by atoms with van der Waals surface area (Å²) >= 11 is 0. The molecule has 0 bridgehead atoms. The number of hydrogen-bond acceptors (Lipinski definition) is 1. The molecule has 0 saturated carbocycles. The van der Waals surface area contributed by atoms with Crippen molar-refractivity contribution in [2.24, 2.45) is 4.99 Å². The van der Waals surface area contributed by atoms with Gasteiger partial charge in [-0.05, 0) is 32.9 Å². The van der Waals surface area contributed by atoms with E-state index < -0.39 is 0 Å². The van der Waals surface area contributed by atoms with E-state index in [0.717, 1.165) is 11.1 Å². The first kappa shape index (κ1) is 12.4. The molecule has 3 heteroatoms. The molecule has 1 amide bonds. The predicted octanol–water partition coefficient (Wildman–Crippen LogP) is 2.42. The second-order valence-corrected chi connectivity index (χ2v) is 4.23. The Labute approximate surface area is 96.8 Å². The fourth-order valence-electron chi connectivity index (χ4n) is 1.41. The number of nitrogens with zero attached hydrogens (tertiary/aromatic N) is 2. The standard InChI is InChI=1S/C13H18N2O/c1-9-6-10(2)8-12(7-9)13(16)14-11(3)15(4)5/h6-8H,1-5H3/b14-11+. The molecule has 0 aliphatic rings. The number of aliphatic imine (C=N–C) groups is 1. The summed E-state index contributed by atoms with van der Waals surface area (Å²) < 4.78 is 0. The van der Waals surface area contributed by atoms with Crippen LogP contribution in [0.2, 0.25) is 0 Å². The zero-order valence-corrected chi connectivity index (χ0v) is 10.5. The lowest BCUT2D eigenvalue weighted by molar-refractivity contribution is 0.100. The molecule has 0 atom stereocenters. The molecule has 0 N–H and O–H groups in total. The van der Waals surface area contributed by atoms with Crippen molar-refractivity contribution in [2.75, 3.05) is 14.1 Å². The fourth-order valence-corrected chi connectivity index (χ4v) is 1.41. The van der Waals surface area contributed by atoms with Gasteiger partial charge in [0.05, 0.1) is 0 Å². The van der Waals surface area contributed by atoms with Crippen LogP contribution in [-0.2, 0) is 0 Å². The van der Waals surface area contributed by atoms with E-state index in [4.69, 9.17) is 0 Å². The van der Waals surface area contributed by atoms with Crippen LogP contribution < -0.4 is 0 Å². The van der Waals surface area contributed by atoms with Gasteiger partial charge in [-0.2, -0.15) is 4.99 Å². The molecule has 0 saturated heterocycles. The van der Waals surface area contributed by atoms with Crippen LogP contribution in [0.25, 0.3) is 0 Å². The number of hydrogen-bond donors (Lipinski definition) is 0. The van der Waals surface area contributed by atoms with E-state index in [0.29, 0.717) is 11.4 Å². The summed E-state index contributed by atoms with van der Waals surface area (Å²) in [5, 5.41) is 0. The molecule has 16 heavy (non-hydrogen) atoms. The van der Waals surface area contributed by atoms with Gasteiger partial charge in [-0.1, -0.05) is 17.2 Å². The number of aryl methyl sites for hydroxylation is 2. The van der Waals surface area contributed by atoms with Crippen molar-refractivity contribution in [1.29, 1.82) is 0 Å². The Morgan fingerprint density at radius 2 is 1.62 bits per heavy atom. The van der Waals surface area contributed by atoms with Crippen molar-refractivity contribution in [3.63, 3.8) is 0 Å². The first-order chi connectivity index (χ1) is 7.40. The Morgan fingerprint density at radius 3 is 2.06 bits per heavy atom. The van der Waals surface area contributed by atoms with Crippen molar-refractivity contribution in [3.8, 4) is 0 Å². The first-order valence-electron chi connectivity index (χ1n) is 5.25. The third-order valence-corrected chi connectivity index (χ3v) is 2.38. The monoisotopic (exact) mass is 218 g/mol. The summed E-state index contributed by atoms with van der Waals surface area (Å²) in [6.07, 6.45) is 0. The van der Waals surface area contributed by atoms with Crippen LogP contribution in [0.1, 0.15) is 28.4 Å². The Bertz CT molecular complexity index is 413. The molecule has 1 rings (SSSR count). The highest BCUT2D eigenvalue weighted by Crippen LogP contribution is 2.10. The quantitative estimate of drug-likeness (QED) is 0.535. The minimum atomic E-state index is -0.182. The molecule has 0 aromatic heterocycles. The van der Waals surface area contributed by atoms with Crippen LogP contribution in [0.4, 0.5) is 0 Å². The van der Waals surface area contributed by atoms with E-state index in [1.807, 2.05) is 58.0 Å². The third-order valence-electron chi connectivity index (χ3n) is 2.38. The molecule has 0 heterocycles. The van der Waals surface area contributed by atoms with Gasteiger partial charge in [-0.25, -0.2) is 0 Å². The minimum Gasteiger partial charge on any atom is -0.366 e. The summed E-state index contributed by atoms with van der Waals surface area (Å²) in [4.78, 5) is 17.7. The summed E-state index contributed by atoms with van der Waals surface area (Å²) in [5.74, 6) is 0.530. The number of benzene rings is 1. The van der Waals surface area contributed by atoms with Gasteiger partial charge in [0, 0.05) is 19.7 Å². The third kappa shape index (κ3) is 3.19. The SMILES string of the molecule is C/C(=N\C(=O)c1cc(C)cc(C)c1)N(C)C. The first-order valence-corrected chi connectivity index (χ1v) is 5.25. The summed E-state index contributed by atoms with van der Waals surface area (Å²) in [5.41, 5.74) is 2.82. The van der Waals surface area contributed by atoms with E-state index in [9.17, 15) is 4.79 Å². The molecule has 0 unspecified atom stereocenters. The van der Waals surface area contributed by atoms with Crippen molar-refractivity contribution < 1.29 is 4.79 Å². The zero-order chi connectivity index (χ0) is 12.3. The van der Waals surface area contributed by atoms with Crippen LogP contribution in [0, 0.1) is 13.8 Å². The smallest absolute Gasteiger partial charge is 0.278 e. The van der Waals surface area contributed by atoms with Crippen LogP contribution in [-0.4, -0.2) is 30.7 Å². The number of carbonyl (C=O) groups excluding carboxylic acids is 1. The van der Waals surface area contributed by atoms with Crippen LogP contribution in [0.15, 0.2) is 23.2 Å². The van der Waals surface area contributed by atoms with E-state index in [-0.39, 0.29) is 5.91 Å². The summed E-state index contributed by atoms with van der Waals surface area (Å²) in [7, 11) is 3.74. The fraction of sp³-hybridized carbons (Fsp3) is 0.385. The van der Waals surface area contributed by atoms with Gasteiger partial charge in [-0.3, -0.25) is 4.79 Å². The molecule has 0 aliphatic carbocycles. The molecule has 3 nitrogen and oxygen atoms in total. The Balaban J connectivity index is 3.01. The highest BCUT2D eigenvalue weighted by molar-refractivity contribution is 6.02.